The van der Waals surface area contributed by atoms with Crippen molar-refractivity contribution in [3.63, 3.8) is 0 Å². The van der Waals surface area contributed by atoms with Crippen LogP contribution in [-0.4, -0.2) is 24.5 Å². The molecule has 1 aliphatic carbocycles. The number of halogens is 1. The van der Waals surface area contributed by atoms with Gasteiger partial charge in [-0.1, -0.05) is 54.1 Å². The molecule has 4 heteroatoms. The lowest BCUT2D eigenvalue weighted by atomic mass is 9.96. The summed E-state index contributed by atoms with van der Waals surface area (Å²) in [5.41, 5.74) is 2.48. The number of urea groups is 1. The number of nitrogens with zero attached hydrogens (tertiary/aromatic N) is 1. The number of hydrogen-bond donors (Lipinski definition) is 1. The van der Waals surface area contributed by atoms with Gasteiger partial charge in [-0.2, -0.15) is 0 Å². The van der Waals surface area contributed by atoms with Gasteiger partial charge < -0.3 is 10.2 Å². The summed E-state index contributed by atoms with van der Waals surface area (Å²) < 4.78 is 0. The van der Waals surface area contributed by atoms with Gasteiger partial charge in [0.15, 0.2) is 0 Å². The summed E-state index contributed by atoms with van der Waals surface area (Å²) >= 11 is 5.99. The van der Waals surface area contributed by atoms with E-state index in [2.05, 4.69) is 29.6 Å². The average molecular weight is 329 g/mol. The second-order valence-corrected chi connectivity index (χ2v) is 6.73. The van der Waals surface area contributed by atoms with Gasteiger partial charge in [0.2, 0.25) is 0 Å². The van der Waals surface area contributed by atoms with Crippen LogP contribution in [0.2, 0.25) is 5.02 Å². The molecule has 0 aromatic heterocycles. The zero-order chi connectivity index (χ0) is 16.3. The topological polar surface area (TPSA) is 32.3 Å². The van der Waals surface area contributed by atoms with Crippen molar-refractivity contribution < 1.29 is 4.79 Å². The van der Waals surface area contributed by atoms with Gasteiger partial charge in [0.25, 0.3) is 0 Å². The Labute approximate surface area is 142 Å². The molecule has 3 rings (SSSR count). The van der Waals surface area contributed by atoms with Crippen LogP contribution in [0.4, 0.5) is 4.79 Å². The predicted octanol–water partition coefficient (Wildman–Crippen LogP) is 4.21. The van der Waals surface area contributed by atoms with E-state index in [1.165, 1.54) is 5.56 Å². The monoisotopic (exact) mass is 328 g/mol. The quantitative estimate of drug-likeness (QED) is 0.876. The van der Waals surface area contributed by atoms with Gasteiger partial charge in [-0.3, -0.25) is 0 Å². The van der Waals surface area contributed by atoms with Crippen molar-refractivity contribution in [2.24, 2.45) is 0 Å². The standard InChI is InChI=1S/C19H21ClN2O/c1-22(13-15-6-5-9-17(20)12-15)18(23)21-14-19(10-11-19)16-7-3-2-4-8-16/h2-9,12H,10-11,13-14H2,1H3,(H,21,23). The van der Waals surface area contributed by atoms with Crippen molar-refractivity contribution in [2.45, 2.75) is 24.8 Å². The van der Waals surface area contributed by atoms with Crippen LogP contribution in [0.15, 0.2) is 54.6 Å². The van der Waals surface area contributed by atoms with Crippen molar-refractivity contribution in [2.75, 3.05) is 13.6 Å². The van der Waals surface area contributed by atoms with Gasteiger partial charge in [0.05, 0.1) is 0 Å². The molecule has 3 nitrogen and oxygen atoms in total. The van der Waals surface area contributed by atoms with E-state index in [0.29, 0.717) is 18.1 Å². The van der Waals surface area contributed by atoms with Gasteiger partial charge in [-0.05, 0) is 36.1 Å². The van der Waals surface area contributed by atoms with Crippen LogP contribution in [0, 0.1) is 0 Å². The summed E-state index contributed by atoms with van der Waals surface area (Å²) in [4.78, 5) is 14.0. The zero-order valence-electron chi connectivity index (χ0n) is 13.3. The summed E-state index contributed by atoms with van der Waals surface area (Å²) in [6.07, 6.45) is 2.27. The van der Waals surface area contributed by atoms with Gasteiger partial charge >= 0.3 is 6.03 Å². The minimum Gasteiger partial charge on any atom is -0.337 e. The molecule has 120 valence electrons. The van der Waals surface area contributed by atoms with E-state index in [0.717, 1.165) is 18.4 Å². The van der Waals surface area contributed by atoms with Crippen LogP contribution < -0.4 is 5.32 Å². The highest BCUT2D eigenvalue weighted by Crippen LogP contribution is 2.47. The molecule has 1 fully saturated rings. The lowest BCUT2D eigenvalue weighted by Gasteiger charge is -2.21. The molecule has 2 amide bonds. The molecule has 0 aliphatic heterocycles. The third-order valence-corrected chi connectivity index (χ3v) is 4.71. The summed E-state index contributed by atoms with van der Waals surface area (Å²) in [5, 5.41) is 3.76. The number of carbonyl (C=O) groups excluding carboxylic acids is 1. The van der Waals surface area contributed by atoms with E-state index in [1.54, 1.807) is 11.9 Å². The molecule has 1 N–H and O–H groups in total. The molecule has 0 bridgehead atoms. The average Bonchev–Trinajstić information content (AvgIpc) is 3.35. The van der Waals surface area contributed by atoms with Crippen LogP contribution in [0.5, 0.6) is 0 Å². The Bertz CT molecular complexity index is 683. The predicted molar refractivity (Wildman–Crippen MR) is 93.7 cm³/mol. The highest BCUT2D eigenvalue weighted by Gasteiger charge is 2.44. The van der Waals surface area contributed by atoms with Gasteiger partial charge in [0.1, 0.15) is 0 Å². The molecule has 0 unspecified atom stereocenters. The Morgan fingerprint density at radius 1 is 1.17 bits per heavy atom. The number of benzene rings is 2. The molecule has 0 heterocycles. The fraction of sp³-hybridized carbons (Fsp3) is 0.316. The Hall–Kier alpha value is -2.00. The number of carbonyl (C=O) groups is 1. The third kappa shape index (κ3) is 3.85. The second kappa shape index (κ2) is 6.63. The van der Waals surface area contributed by atoms with Gasteiger partial charge in [-0.15, -0.1) is 0 Å². The van der Waals surface area contributed by atoms with Crippen molar-refractivity contribution >= 4 is 17.6 Å². The normalized spacial score (nSPS) is 15.0. The maximum Gasteiger partial charge on any atom is 0.317 e. The SMILES string of the molecule is CN(Cc1cccc(Cl)c1)C(=O)NCC1(c2ccccc2)CC1. The number of hydrogen-bond acceptors (Lipinski definition) is 1. The van der Waals surface area contributed by atoms with Crippen LogP contribution in [0.3, 0.4) is 0 Å². The van der Waals surface area contributed by atoms with E-state index in [-0.39, 0.29) is 11.4 Å². The fourth-order valence-electron chi connectivity index (χ4n) is 2.87. The number of nitrogens with one attached hydrogen (secondary N) is 1. The van der Waals surface area contributed by atoms with Crippen LogP contribution in [0.1, 0.15) is 24.0 Å². The second-order valence-electron chi connectivity index (χ2n) is 6.29. The molecule has 1 aliphatic rings. The molecular formula is C19H21ClN2O. The minimum atomic E-state index is -0.0489. The molecule has 1 saturated carbocycles. The fourth-order valence-corrected chi connectivity index (χ4v) is 3.08. The molecule has 0 spiro atoms. The van der Waals surface area contributed by atoms with Crippen molar-refractivity contribution in [1.82, 2.24) is 10.2 Å². The van der Waals surface area contributed by atoms with Crippen molar-refractivity contribution in [3.05, 3.63) is 70.7 Å². The zero-order valence-corrected chi connectivity index (χ0v) is 14.0. The molecule has 0 atom stereocenters. The van der Waals surface area contributed by atoms with Crippen LogP contribution in [-0.2, 0) is 12.0 Å². The van der Waals surface area contributed by atoms with E-state index in [9.17, 15) is 4.79 Å². The first kappa shape index (κ1) is 15.9. The Morgan fingerprint density at radius 3 is 2.57 bits per heavy atom. The maximum atomic E-state index is 12.3. The van der Waals surface area contributed by atoms with Gasteiger partial charge in [0, 0.05) is 30.6 Å². The Kier molecular flexibility index (Phi) is 4.58. The van der Waals surface area contributed by atoms with Crippen LogP contribution in [0.25, 0.3) is 0 Å². The first-order chi connectivity index (χ1) is 11.1. The summed E-state index contributed by atoms with van der Waals surface area (Å²) in [6.45, 7) is 1.24. The Morgan fingerprint density at radius 2 is 1.91 bits per heavy atom. The molecule has 23 heavy (non-hydrogen) atoms. The summed E-state index contributed by atoms with van der Waals surface area (Å²) in [5.74, 6) is 0. The highest BCUT2D eigenvalue weighted by molar-refractivity contribution is 6.30. The smallest absolute Gasteiger partial charge is 0.317 e. The first-order valence-electron chi connectivity index (χ1n) is 7.88. The number of amides is 2. The maximum absolute atomic E-state index is 12.3. The van der Waals surface area contributed by atoms with E-state index in [4.69, 9.17) is 11.6 Å². The minimum absolute atomic E-state index is 0.0489. The van der Waals surface area contributed by atoms with Crippen molar-refractivity contribution in [3.8, 4) is 0 Å². The first-order valence-corrected chi connectivity index (χ1v) is 8.26. The summed E-state index contributed by atoms with van der Waals surface area (Å²) in [6, 6.07) is 18.0. The van der Waals surface area contributed by atoms with E-state index in [1.807, 2.05) is 30.3 Å². The largest absolute Gasteiger partial charge is 0.337 e. The molecule has 2 aromatic rings. The molecule has 0 radical (unpaired) electrons. The molecular weight excluding hydrogens is 308 g/mol. The number of rotatable bonds is 5. The Balaban J connectivity index is 1.55. The summed E-state index contributed by atoms with van der Waals surface area (Å²) in [7, 11) is 1.80. The molecule has 0 saturated heterocycles. The third-order valence-electron chi connectivity index (χ3n) is 4.47. The lowest BCUT2D eigenvalue weighted by Crippen LogP contribution is -2.40. The van der Waals surface area contributed by atoms with Crippen LogP contribution >= 0.6 is 11.6 Å². The van der Waals surface area contributed by atoms with E-state index >= 15 is 0 Å². The van der Waals surface area contributed by atoms with Gasteiger partial charge in [-0.25, -0.2) is 4.79 Å². The lowest BCUT2D eigenvalue weighted by molar-refractivity contribution is 0.206. The van der Waals surface area contributed by atoms with E-state index < -0.39 is 0 Å². The van der Waals surface area contributed by atoms with Crippen molar-refractivity contribution in [1.29, 1.82) is 0 Å². The highest BCUT2D eigenvalue weighted by atomic mass is 35.5. The molecule has 2 aromatic carbocycles.